The highest BCUT2D eigenvalue weighted by Crippen LogP contribution is 2.36. The van der Waals surface area contributed by atoms with Crippen molar-refractivity contribution in [2.45, 2.75) is 32.7 Å². The van der Waals surface area contributed by atoms with Gasteiger partial charge >= 0.3 is 0 Å². The summed E-state index contributed by atoms with van der Waals surface area (Å²) >= 11 is 0. The molecule has 0 N–H and O–H groups in total. The molecule has 0 radical (unpaired) electrons. The lowest BCUT2D eigenvalue weighted by Crippen LogP contribution is -2.40. The minimum Gasteiger partial charge on any atom is -0.327 e. The molecule has 0 saturated carbocycles. The summed E-state index contributed by atoms with van der Waals surface area (Å²) in [5.74, 6) is 0.109. The molecule has 2 heteroatoms. The fourth-order valence-electron chi connectivity index (χ4n) is 3.94. The number of aryl methyl sites for hydroxylation is 2. The Hall–Kier alpha value is -2.87. The number of rotatable bonds is 3. The van der Waals surface area contributed by atoms with Gasteiger partial charge in [-0.25, -0.2) is 0 Å². The molecule has 1 aliphatic rings. The van der Waals surface area contributed by atoms with Crippen LogP contribution in [0.1, 0.15) is 51.1 Å². The second kappa shape index (κ2) is 7.40. The van der Waals surface area contributed by atoms with Gasteiger partial charge in [0.15, 0.2) is 0 Å². The van der Waals surface area contributed by atoms with Gasteiger partial charge in [0.1, 0.15) is 0 Å². The predicted octanol–water partition coefficient (Wildman–Crippen LogP) is 5.35. The Balaban J connectivity index is 1.75. The fraction of sp³-hybridized carbons (Fsp3) is 0.240. The number of carbonyl (C=O) groups is 1. The van der Waals surface area contributed by atoms with Gasteiger partial charge in [0.2, 0.25) is 0 Å². The van der Waals surface area contributed by atoms with Crippen molar-refractivity contribution < 1.29 is 4.79 Å². The minimum atomic E-state index is -0.0334. The maximum atomic E-state index is 13.4. The summed E-state index contributed by atoms with van der Waals surface area (Å²) < 4.78 is 0. The fourth-order valence-corrected chi connectivity index (χ4v) is 3.94. The van der Waals surface area contributed by atoms with Crippen LogP contribution in [0, 0.1) is 6.92 Å². The first kappa shape index (κ1) is 17.5. The van der Waals surface area contributed by atoms with E-state index in [1.54, 1.807) is 0 Å². The summed E-state index contributed by atoms with van der Waals surface area (Å²) in [5.41, 5.74) is 7.01. The molecule has 1 heterocycles. The van der Waals surface area contributed by atoms with Crippen molar-refractivity contribution in [1.82, 2.24) is 4.90 Å². The molecule has 0 bridgehead atoms. The summed E-state index contributed by atoms with van der Waals surface area (Å²) in [4.78, 5) is 15.4. The van der Waals surface area contributed by atoms with Crippen LogP contribution in [0.25, 0.3) is 0 Å². The van der Waals surface area contributed by atoms with Crippen LogP contribution >= 0.6 is 0 Å². The third-order valence-corrected chi connectivity index (χ3v) is 5.55. The van der Waals surface area contributed by atoms with Crippen LogP contribution in [0.15, 0.2) is 72.8 Å². The molecule has 0 spiro atoms. The van der Waals surface area contributed by atoms with Gasteiger partial charge in [-0.15, -0.1) is 0 Å². The Kier molecular flexibility index (Phi) is 4.81. The minimum absolute atomic E-state index is 0.0334. The summed E-state index contributed by atoms with van der Waals surface area (Å²) in [6.45, 7) is 4.96. The van der Waals surface area contributed by atoms with Gasteiger partial charge in [0.25, 0.3) is 5.91 Å². The van der Waals surface area contributed by atoms with E-state index < -0.39 is 0 Å². The Morgan fingerprint density at radius 2 is 1.67 bits per heavy atom. The average Bonchev–Trinajstić information content (AvgIpc) is 2.73. The van der Waals surface area contributed by atoms with E-state index in [0.717, 1.165) is 24.9 Å². The normalized spacial score (nSPS) is 16.1. The van der Waals surface area contributed by atoms with E-state index >= 15 is 0 Å². The maximum Gasteiger partial charge on any atom is 0.254 e. The lowest BCUT2D eigenvalue weighted by molar-refractivity contribution is 0.0694. The number of hydrogen-bond donors (Lipinski definition) is 0. The van der Waals surface area contributed by atoms with E-state index in [9.17, 15) is 4.79 Å². The van der Waals surface area contributed by atoms with Crippen molar-refractivity contribution >= 4 is 5.91 Å². The van der Waals surface area contributed by atoms with Crippen molar-refractivity contribution in [3.8, 4) is 0 Å². The largest absolute Gasteiger partial charge is 0.327 e. The van der Waals surface area contributed by atoms with Crippen LogP contribution < -0.4 is 0 Å². The Bertz CT molecular complexity index is 941. The SMILES string of the molecule is CCc1ccc(C(=O)N2CCc3ccccc3[C@H]2c2ccc(C)cc2)cc1. The molecule has 3 aromatic rings. The lowest BCUT2D eigenvalue weighted by Gasteiger charge is -2.38. The van der Waals surface area contributed by atoms with Crippen LogP contribution in [0.3, 0.4) is 0 Å². The van der Waals surface area contributed by atoms with E-state index in [2.05, 4.69) is 74.5 Å². The van der Waals surface area contributed by atoms with Crippen LogP contribution in [-0.4, -0.2) is 17.4 Å². The second-order valence-electron chi connectivity index (χ2n) is 7.31. The van der Waals surface area contributed by atoms with Crippen LogP contribution in [0.4, 0.5) is 0 Å². The molecule has 1 aliphatic heterocycles. The highest BCUT2D eigenvalue weighted by atomic mass is 16.2. The molecule has 2 nitrogen and oxygen atoms in total. The highest BCUT2D eigenvalue weighted by molar-refractivity contribution is 5.95. The Morgan fingerprint density at radius 3 is 2.37 bits per heavy atom. The molecule has 3 aromatic carbocycles. The van der Waals surface area contributed by atoms with Gasteiger partial charge < -0.3 is 4.90 Å². The molecule has 136 valence electrons. The Labute approximate surface area is 161 Å². The number of nitrogens with zero attached hydrogens (tertiary/aromatic N) is 1. The lowest BCUT2D eigenvalue weighted by atomic mass is 9.87. The van der Waals surface area contributed by atoms with E-state index in [1.807, 2.05) is 17.0 Å². The number of hydrogen-bond acceptors (Lipinski definition) is 1. The predicted molar refractivity (Wildman–Crippen MR) is 110 cm³/mol. The van der Waals surface area contributed by atoms with Crippen molar-refractivity contribution in [1.29, 1.82) is 0 Å². The third-order valence-electron chi connectivity index (χ3n) is 5.55. The maximum absolute atomic E-state index is 13.4. The van der Waals surface area contributed by atoms with Gasteiger partial charge in [-0.05, 0) is 54.2 Å². The van der Waals surface area contributed by atoms with E-state index in [-0.39, 0.29) is 11.9 Å². The first-order valence-corrected chi connectivity index (χ1v) is 9.71. The molecule has 0 aromatic heterocycles. The molecule has 27 heavy (non-hydrogen) atoms. The van der Waals surface area contributed by atoms with Crippen LogP contribution in [-0.2, 0) is 12.8 Å². The van der Waals surface area contributed by atoms with E-state index in [0.29, 0.717) is 0 Å². The number of amides is 1. The summed E-state index contributed by atoms with van der Waals surface area (Å²) in [5, 5.41) is 0. The quantitative estimate of drug-likeness (QED) is 0.620. The van der Waals surface area contributed by atoms with Gasteiger partial charge in [0.05, 0.1) is 6.04 Å². The van der Waals surface area contributed by atoms with Gasteiger partial charge in [-0.2, -0.15) is 0 Å². The summed E-state index contributed by atoms with van der Waals surface area (Å²) in [6.07, 6.45) is 1.88. The zero-order chi connectivity index (χ0) is 18.8. The van der Waals surface area contributed by atoms with E-state index in [4.69, 9.17) is 0 Å². The third kappa shape index (κ3) is 3.40. The summed E-state index contributed by atoms with van der Waals surface area (Å²) in [7, 11) is 0. The second-order valence-corrected chi connectivity index (χ2v) is 7.31. The zero-order valence-electron chi connectivity index (χ0n) is 16.0. The molecule has 1 amide bonds. The van der Waals surface area contributed by atoms with Gasteiger partial charge in [0, 0.05) is 12.1 Å². The topological polar surface area (TPSA) is 20.3 Å². The first-order valence-electron chi connectivity index (χ1n) is 9.71. The highest BCUT2D eigenvalue weighted by Gasteiger charge is 2.32. The average molecular weight is 355 g/mol. The standard InChI is InChI=1S/C25H25NO/c1-3-19-10-14-22(15-11-19)25(27)26-17-16-20-6-4-5-7-23(20)24(26)21-12-8-18(2)9-13-21/h4-15,24H,3,16-17H2,1-2H3/t24-/m1/s1. The van der Waals surface area contributed by atoms with Crippen molar-refractivity contribution in [2.24, 2.45) is 0 Å². The van der Waals surface area contributed by atoms with Gasteiger partial charge in [-0.3, -0.25) is 4.79 Å². The van der Waals surface area contributed by atoms with E-state index in [1.165, 1.54) is 27.8 Å². The first-order chi connectivity index (χ1) is 13.2. The molecular formula is C25H25NO. The van der Waals surface area contributed by atoms with Crippen molar-refractivity contribution in [3.05, 3.63) is 106 Å². The molecule has 4 rings (SSSR count). The van der Waals surface area contributed by atoms with Crippen LogP contribution in [0.2, 0.25) is 0 Å². The van der Waals surface area contributed by atoms with Crippen molar-refractivity contribution in [2.75, 3.05) is 6.54 Å². The van der Waals surface area contributed by atoms with Crippen LogP contribution in [0.5, 0.6) is 0 Å². The monoisotopic (exact) mass is 355 g/mol. The molecular weight excluding hydrogens is 330 g/mol. The Morgan fingerprint density at radius 1 is 0.963 bits per heavy atom. The molecule has 0 unspecified atom stereocenters. The summed E-state index contributed by atoms with van der Waals surface area (Å²) in [6, 6.07) is 25.1. The molecule has 1 atom stereocenters. The molecule has 0 saturated heterocycles. The number of carbonyl (C=O) groups excluding carboxylic acids is 1. The number of benzene rings is 3. The smallest absolute Gasteiger partial charge is 0.254 e. The zero-order valence-corrected chi connectivity index (χ0v) is 16.0. The molecule has 0 fully saturated rings. The molecule has 0 aliphatic carbocycles. The van der Waals surface area contributed by atoms with Crippen molar-refractivity contribution in [3.63, 3.8) is 0 Å². The van der Waals surface area contributed by atoms with Gasteiger partial charge in [-0.1, -0.05) is 73.2 Å². The number of fused-ring (bicyclic) bond motifs is 1.